The summed E-state index contributed by atoms with van der Waals surface area (Å²) in [6.07, 6.45) is 1.36. The number of benzene rings is 2. The molecular weight excluding hydrogens is 382 g/mol. The lowest BCUT2D eigenvalue weighted by Crippen LogP contribution is -2.27. The van der Waals surface area contributed by atoms with E-state index in [1.165, 1.54) is 23.0 Å². The van der Waals surface area contributed by atoms with E-state index in [0.717, 1.165) is 5.56 Å². The van der Waals surface area contributed by atoms with Crippen molar-refractivity contribution in [3.63, 3.8) is 0 Å². The van der Waals surface area contributed by atoms with Crippen molar-refractivity contribution in [2.24, 2.45) is 0 Å². The Balaban J connectivity index is 1.53. The number of amides is 1. The number of aromatic nitrogens is 4. The van der Waals surface area contributed by atoms with E-state index < -0.39 is 0 Å². The fraction of sp³-hybridized carbons (Fsp3) is 0.0455. The molecule has 0 atom stereocenters. The van der Waals surface area contributed by atoms with E-state index in [1.807, 2.05) is 30.3 Å². The molecular formula is C22H17N5O3. The number of hydrogen-bond donors (Lipinski definition) is 2. The van der Waals surface area contributed by atoms with E-state index in [2.05, 4.69) is 20.5 Å². The third-order valence-electron chi connectivity index (χ3n) is 4.42. The van der Waals surface area contributed by atoms with Crippen LogP contribution in [0.15, 0.2) is 88.7 Å². The Kier molecular flexibility index (Phi) is 5.29. The number of anilines is 1. The summed E-state index contributed by atoms with van der Waals surface area (Å²) in [5, 5.41) is 9.16. The lowest BCUT2D eigenvalue weighted by Gasteiger charge is -2.11. The van der Waals surface area contributed by atoms with Gasteiger partial charge >= 0.3 is 0 Å². The zero-order chi connectivity index (χ0) is 20.9. The van der Waals surface area contributed by atoms with Gasteiger partial charge in [-0.3, -0.25) is 19.0 Å². The summed E-state index contributed by atoms with van der Waals surface area (Å²) in [5.74, 6) is -0.386. The molecule has 4 rings (SSSR count). The highest BCUT2D eigenvalue weighted by Gasteiger charge is 2.11. The van der Waals surface area contributed by atoms with Crippen LogP contribution in [0.3, 0.4) is 0 Å². The summed E-state index contributed by atoms with van der Waals surface area (Å²) in [7, 11) is 0. The van der Waals surface area contributed by atoms with Gasteiger partial charge in [-0.15, -0.1) is 0 Å². The molecule has 30 heavy (non-hydrogen) atoms. The topological polar surface area (TPSA) is 110 Å². The van der Waals surface area contributed by atoms with Crippen LogP contribution in [0, 0.1) is 0 Å². The number of carbonyl (C=O) groups is 1. The second-order valence-electron chi connectivity index (χ2n) is 6.51. The first-order valence-electron chi connectivity index (χ1n) is 9.17. The van der Waals surface area contributed by atoms with Gasteiger partial charge < -0.3 is 5.32 Å². The van der Waals surface area contributed by atoms with Crippen molar-refractivity contribution < 1.29 is 4.79 Å². The fourth-order valence-electron chi connectivity index (χ4n) is 2.97. The van der Waals surface area contributed by atoms with Gasteiger partial charge in [-0.05, 0) is 12.1 Å². The number of rotatable bonds is 5. The fourth-order valence-corrected chi connectivity index (χ4v) is 2.97. The number of nitrogens with zero attached hydrogens (tertiary/aromatic N) is 3. The van der Waals surface area contributed by atoms with Gasteiger partial charge in [-0.2, -0.15) is 5.10 Å². The van der Waals surface area contributed by atoms with Crippen LogP contribution < -0.4 is 16.4 Å². The van der Waals surface area contributed by atoms with Gasteiger partial charge in [0.1, 0.15) is 6.54 Å². The molecule has 8 heteroatoms. The number of aromatic amines is 1. The Morgan fingerprint density at radius 1 is 0.933 bits per heavy atom. The zero-order valence-electron chi connectivity index (χ0n) is 15.8. The van der Waals surface area contributed by atoms with Crippen molar-refractivity contribution in [2.75, 3.05) is 5.32 Å². The lowest BCUT2D eigenvalue weighted by molar-refractivity contribution is -0.116. The Labute approximate surface area is 170 Å². The van der Waals surface area contributed by atoms with Crippen LogP contribution in [0.2, 0.25) is 0 Å². The molecule has 0 radical (unpaired) electrons. The van der Waals surface area contributed by atoms with Gasteiger partial charge in [0.25, 0.3) is 11.1 Å². The molecule has 0 fully saturated rings. The van der Waals surface area contributed by atoms with Crippen LogP contribution in [0.25, 0.3) is 22.5 Å². The molecule has 8 nitrogen and oxygen atoms in total. The molecule has 0 unspecified atom stereocenters. The molecule has 1 amide bonds. The number of nitrogens with one attached hydrogen (secondary N) is 2. The maximum absolute atomic E-state index is 12.5. The zero-order valence-corrected chi connectivity index (χ0v) is 15.8. The maximum atomic E-state index is 12.5. The van der Waals surface area contributed by atoms with Crippen LogP contribution >= 0.6 is 0 Å². The summed E-state index contributed by atoms with van der Waals surface area (Å²) in [5.41, 5.74) is 2.41. The van der Waals surface area contributed by atoms with Gasteiger partial charge in [-0.25, -0.2) is 10.1 Å². The van der Waals surface area contributed by atoms with Crippen molar-refractivity contribution in [2.45, 2.75) is 6.54 Å². The summed E-state index contributed by atoms with van der Waals surface area (Å²) < 4.78 is 1.24. The molecule has 4 aromatic rings. The van der Waals surface area contributed by atoms with E-state index in [0.29, 0.717) is 22.6 Å². The Morgan fingerprint density at radius 3 is 2.43 bits per heavy atom. The minimum atomic E-state index is -0.386. The Hall–Kier alpha value is -4.33. The number of hydrogen-bond acceptors (Lipinski definition) is 5. The predicted octanol–water partition coefficient (Wildman–Crippen LogP) is 2.30. The van der Waals surface area contributed by atoms with Gasteiger partial charge in [-0.1, -0.05) is 48.5 Å². The second kappa shape index (κ2) is 8.36. The summed E-state index contributed by atoms with van der Waals surface area (Å²) in [6, 6.07) is 20.7. The normalized spacial score (nSPS) is 10.5. The summed E-state index contributed by atoms with van der Waals surface area (Å²) >= 11 is 0. The quantitative estimate of drug-likeness (QED) is 0.535. The van der Waals surface area contributed by atoms with Crippen LogP contribution in [0.5, 0.6) is 0 Å². The van der Waals surface area contributed by atoms with Crippen molar-refractivity contribution in [3.8, 4) is 22.5 Å². The molecule has 2 heterocycles. The molecule has 2 aromatic heterocycles. The smallest absolute Gasteiger partial charge is 0.264 e. The number of H-pyrrole nitrogens is 1. The van der Waals surface area contributed by atoms with Crippen molar-refractivity contribution >= 4 is 11.6 Å². The highest BCUT2D eigenvalue weighted by atomic mass is 16.2. The van der Waals surface area contributed by atoms with E-state index in [1.54, 1.807) is 30.3 Å². The number of para-hydroxylation sites is 1. The first-order valence-corrected chi connectivity index (χ1v) is 9.17. The van der Waals surface area contributed by atoms with Crippen LogP contribution in [0.4, 0.5) is 5.69 Å². The van der Waals surface area contributed by atoms with Gasteiger partial charge in [0.05, 0.1) is 23.4 Å². The third kappa shape index (κ3) is 4.22. The molecule has 2 N–H and O–H groups in total. The lowest BCUT2D eigenvalue weighted by atomic mass is 10.1. The molecule has 0 bridgehead atoms. The molecule has 148 valence electrons. The Bertz CT molecular complexity index is 1290. The molecule has 2 aromatic carbocycles. The van der Waals surface area contributed by atoms with E-state index >= 15 is 0 Å². The molecule has 0 spiro atoms. The van der Waals surface area contributed by atoms with Gasteiger partial charge in [0, 0.05) is 23.3 Å². The van der Waals surface area contributed by atoms with Crippen molar-refractivity contribution in [1.29, 1.82) is 0 Å². The largest absolute Gasteiger partial charge is 0.324 e. The SMILES string of the molecule is O=C(Cn1cnc(-c2ccccc2)cc1=O)Nc1ccccc1-c1ccc(=O)[nH]n1. The third-order valence-corrected chi connectivity index (χ3v) is 4.42. The predicted molar refractivity (Wildman–Crippen MR) is 113 cm³/mol. The molecule has 0 aliphatic carbocycles. The summed E-state index contributed by atoms with van der Waals surface area (Å²) in [4.78, 5) is 40.5. The molecule has 0 aliphatic heterocycles. The average molecular weight is 399 g/mol. The maximum Gasteiger partial charge on any atom is 0.264 e. The molecule has 0 saturated carbocycles. The van der Waals surface area contributed by atoms with Crippen molar-refractivity contribution in [1.82, 2.24) is 19.7 Å². The Morgan fingerprint density at radius 2 is 1.70 bits per heavy atom. The minimum Gasteiger partial charge on any atom is -0.324 e. The van der Waals surface area contributed by atoms with E-state index in [9.17, 15) is 14.4 Å². The molecule has 0 saturated heterocycles. The summed E-state index contributed by atoms with van der Waals surface area (Å²) in [6.45, 7) is -0.186. The molecule has 0 aliphatic rings. The van der Waals surface area contributed by atoms with Crippen LogP contribution in [0.1, 0.15) is 0 Å². The van der Waals surface area contributed by atoms with Crippen LogP contribution in [-0.2, 0) is 11.3 Å². The van der Waals surface area contributed by atoms with Gasteiger partial charge in [0.15, 0.2) is 0 Å². The van der Waals surface area contributed by atoms with Crippen molar-refractivity contribution in [3.05, 3.63) is 99.8 Å². The average Bonchev–Trinajstić information content (AvgIpc) is 2.77. The first kappa shape index (κ1) is 19.0. The van der Waals surface area contributed by atoms with Gasteiger partial charge in [0.2, 0.25) is 5.91 Å². The standard InChI is InChI=1S/C22H17N5O3/c28-20-11-10-18(25-26-20)16-8-4-5-9-17(16)24-21(29)13-27-14-23-19(12-22(27)30)15-6-2-1-3-7-15/h1-12,14H,13H2,(H,24,29)(H,26,28). The second-order valence-corrected chi connectivity index (χ2v) is 6.51. The van der Waals surface area contributed by atoms with E-state index in [4.69, 9.17) is 0 Å². The van der Waals surface area contributed by atoms with Crippen LogP contribution in [-0.4, -0.2) is 25.7 Å². The monoisotopic (exact) mass is 399 g/mol. The number of carbonyl (C=O) groups excluding carboxylic acids is 1. The first-order chi connectivity index (χ1) is 14.6. The minimum absolute atomic E-state index is 0.186. The highest BCUT2D eigenvalue weighted by molar-refractivity contribution is 5.94. The van der Waals surface area contributed by atoms with E-state index in [-0.39, 0.29) is 23.6 Å². The highest BCUT2D eigenvalue weighted by Crippen LogP contribution is 2.25.